The van der Waals surface area contributed by atoms with Gasteiger partial charge in [0.1, 0.15) is 11.5 Å². The highest BCUT2D eigenvalue weighted by Crippen LogP contribution is 2.27. The lowest BCUT2D eigenvalue weighted by molar-refractivity contribution is 0.0541. The number of fused-ring (bicyclic) bond motifs is 1. The predicted octanol–water partition coefficient (Wildman–Crippen LogP) is 1.56. The van der Waals surface area contributed by atoms with E-state index in [1.807, 2.05) is 39.0 Å². The molecule has 6 nitrogen and oxygen atoms in total. The Bertz CT molecular complexity index is 454. The van der Waals surface area contributed by atoms with Crippen LogP contribution in [0.2, 0.25) is 0 Å². The average Bonchev–Trinajstić information content (AvgIpc) is 2.53. The molecule has 1 aromatic carbocycles. The molecule has 1 aliphatic heterocycles. The molecular formula is C14H24O6Si2. The van der Waals surface area contributed by atoms with Crippen LogP contribution in [0.25, 0.3) is 0 Å². The molecule has 0 fully saturated rings. The lowest BCUT2D eigenvalue weighted by Gasteiger charge is -2.28. The van der Waals surface area contributed by atoms with Gasteiger partial charge in [-0.25, -0.2) is 0 Å². The normalized spacial score (nSPS) is 15.4. The SMILES string of the molecule is CCO[Si](COc1ccc2c(c1)CO[SiH2]O2)(OCC)OCC. The van der Waals surface area contributed by atoms with E-state index in [-0.39, 0.29) is 6.23 Å². The first-order chi connectivity index (χ1) is 10.7. The Morgan fingerprint density at radius 1 is 1.09 bits per heavy atom. The molecule has 0 saturated heterocycles. The highest BCUT2D eigenvalue weighted by atomic mass is 28.4. The van der Waals surface area contributed by atoms with E-state index >= 15 is 0 Å². The van der Waals surface area contributed by atoms with Crippen molar-refractivity contribution in [2.75, 3.05) is 26.1 Å². The molecular weight excluding hydrogens is 320 g/mol. The monoisotopic (exact) mass is 344 g/mol. The highest BCUT2D eigenvalue weighted by molar-refractivity contribution is 6.60. The molecule has 0 radical (unpaired) electrons. The molecule has 0 amide bonds. The second kappa shape index (κ2) is 8.65. The average molecular weight is 345 g/mol. The second-order valence-electron chi connectivity index (χ2n) is 4.65. The molecule has 0 aromatic heterocycles. The maximum Gasteiger partial charge on any atom is 0.540 e. The minimum atomic E-state index is -2.79. The third kappa shape index (κ3) is 4.54. The summed E-state index contributed by atoms with van der Waals surface area (Å²) >= 11 is 0. The molecule has 0 bridgehead atoms. The van der Waals surface area contributed by atoms with Crippen molar-refractivity contribution >= 4 is 18.8 Å². The van der Waals surface area contributed by atoms with Crippen LogP contribution in [0, 0.1) is 0 Å². The molecule has 8 heteroatoms. The Morgan fingerprint density at radius 3 is 2.41 bits per heavy atom. The van der Waals surface area contributed by atoms with Gasteiger partial charge in [0, 0.05) is 25.4 Å². The molecule has 0 unspecified atom stereocenters. The summed E-state index contributed by atoms with van der Waals surface area (Å²) in [5, 5.41) is 0. The van der Waals surface area contributed by atoms with Crippen LogP contribution in [0.4, 0.5) is 0 Å². The molecule has 2 rings (SSSR count). The molecule has 0 N–H and O–H groups in total. The van der Waals surface area contributed by atoms with Gasteiger partial charge in [-0.2, -0.15) is 0 Å². The van der Waals surface area contributed by atoms with Gasteiger partial charge in [0.05, 0.1) is 6.61 Å². The van der Waals surface area contributed by atoms with Gasteiger partial charge >= 0.3 is 18.8 Å². The predicted molar refractivity (Wildman–Crippen MR) is 86.5 cm³/mol. The molecule has 22 heavy (non-hydrogen) atoms. The zero-order chi connectivity index (χ0) is 15.8. The molecule has 124 valence electrons. The van der Waals surface area contributed by atoms with Crippen LogP contribution < -0.4 is 9.16 Å². The third-order valence-corrected chi connectivity index (χ3v) is 6.58. The highest BCUT2D eigenvalue weighted by Gasteiger charge is 2.42. The smallest absolute Gasteiger partial charge is 0.524 e. The van der Waals surface area contributed by atoms with E-state index in [1.165, 1.54) is 0 Å². The molecule has 1 aliphatic rings. The van der Waals surface area contributed by atoms with E-state index in [9.17, 15) is 0 Å². The van der Waals surface area contributed by atoms with Gasteiger partial charge in [-0.3, -0.25) is 0 Å². The Hall–Kier alpha value is -0.906. The van der Waals surface area contributed by atoms with Gasteiger partial charge in [0.15, 0.2) is 6.23 Å². The summed E-state index contributed by atoms with van der Waals surface area (Å²) in [6.07, 6.45) is 0.289. The molecule has 0 saturated carbocycles. The first-order valence-corrected chi connectivity index (χ1v) is 10.7. The van der Waals surface area contributed by atoms with Crippen molar-refractivity contribution in [2.24, 2.45) is 0 Å². The van der Waals surface area contributed by atoms with Gasteiger partial charge in [0.2, 0.25) is 0 Å². The first kappa shape index (κ1) is 17.4. The standard InChI is InChI=1S/C14H24O6Si2/c1-4-17-22(18-5-2,19-6-3)11-15-13-7-8-14-12(9-13)10-16-21-20-14/h7-9H,4-6,10-11,21H2,1-3H3. The van der Waals surface area contributed by atoms with Gasteiger partial charge in [0.25, 0.3) is 0 Å². The minimum Gasteiger partial charge on any atom is -0.524 e. The van der Waals surface area contributed by atoms with Gasteiger partial charge in [-0.05, 0) is 39.0 Å². The largest absolute Gasteiger partial charge is 0.540 e. The molecule has 1 aromatic rings. The van der Waals surface area contributed by atoms with Crippen LogP contribution in [-0.4, -0.2) is 44.9 Å². The van der Waals surface area contributed by atoms with E-state index in [0.717, 1.165) is 17.1 Å². The number of hydrogen-bond acceptors (Lipinski definition) is 6. The third-order valence-electron chi connectivity index (χ3n) is 3.10. The van der Waals surface area contributed by atoms with E-state index in [2.05, 4.69) is 0 Å². The maximum absolute atomic E-state index is 5.88. The van der Waals surface area contributed by atoms with Crippen LogP contribution >= 0.6 is 0 Å². The topological polar surface area (TPSA) is 55.4 Å². The van der Waals surface area contributed by atoms with Crippen molar-refractivity contribution in [1.29, 1.82) is 0 Å². The summed E-state index contributed by atoms with van der Waals surface area (Å²) in [4.78, 5) is 0. The number of hydrogen-bond donors (Lipinski definition) is 0. The summed E-state index contributed by atoms with van der Waals surface area (Å²) < 4.78 is 34.1. The zero-order valence-corrected chi connectivity index (χ0v) is 15.8. The van der Waals surface area contributed by atoms with Crippen molar-refractivity contribution < 1.29 is 26.9 Å². The molecule has 0 aliphatic carbocycles. The quantitative estimate of drug-likeness (QED) is 0.634. The molecule has 1 heterocycles. The Morgan fingerprint density at radius 2 is 1.77 bits per heavy atom. The number of ether oxygens (including phenoxy) is 1. The fourth-order valence-electron chi connectivity index (χ4n) is 2.24. The van der Waals surface area contributed by atoms with Crippen LogP contribution in [0.15, 0.2) is 18.2 Å². The van der Waals surface area contributed by atoms with Crippen molar-refractivity contribution in [1.82, 2.24) is 0 Å². The lowest BCUT2D eigenvalue weighted by Crippen LogP contribution is -2.51. The zero-order valence-electron chi connectivity index (χ0n) is 13.4. The van der Waals surface area contributed by atoms with E-state index in [0.29, 0.717) is 26.4 Å². The maximum atomic E-state index is 5.88. The molecule has 0 spiro atoms. The van der Waals surface area contributed by atoms with Gasteiger partial charge < -0.3 is 26.9 Å². The van der Waals surface area contributed by atoms with Gasteiger partial charge in [-0.15, -0.1) is 0 Å². The van der Waals surface area contributed by atoms with Crippen molar-refractivity contribution in [3.05, 3.63) is 23.8 Å². The minimum absolute atomic E-state index is 0.289. The summed E-state index contributed by atoms with van der Waals surface area (Å²) in [6.45, 7) is 7.97. The Balaban J connectivity index is 2.04. The summed E-state index contributed by atoms with van der Waals surface area (Å²) in [7, 11) is -3.65. The molecule has 0 atom stereocenters. The van der Waals surface area contributed by atoms with E-state index in [4.69, 9.17) is 26.9 Å². The lowest BCUT2D eigenvalue weighted by atomic mass is 10.2. The first-order valence-electron chi connectivity index (χ1n) is 7.61. The fraction of sp³-hybridized carbons (Fsp3) is 0.571. The van der Waals surface area contributed by atoms with Crippen LogP contribution in [0.5, 0.6) is 11.5 Å². The summed E-state index contributed by atoms with van der Waals surface area (Å²) in [6, 6.07) is 5.75. The van der Waals surface area contributed by atoms with Crippen LogP contribution in [0.3, 0.4) is 0 Å². The summed E-state index contributed by atoms with van der Waals surface area (Å²) in [5.74, 6) is 1.64. The van der Waals surface area contributed by atoms with Crippen molar-refractivity contribution in [3.63, 3.8) is 0 Å². The van der Waals surface area contributed by atoms with Crippen molar-refractivity contribution in [2.45, 2.75) is 27.4 Å². The Labute approximate surface area is 135 Å². The van der Waals surface area contributed by atoms with Crippen molar-refractivity contribution in [3.8, 4) is 11.5 Å². The van der Waals surface area contributed by atoms with Gasteiger partial charge in [-0.1, -0.05) is 0 Å². The fourth-order valence-corrected chi connectivity index (χ4v) is 5.20. The summed E-state index contributed by atoms with van der Waals surface area (Å²) in [5.41, 5.74) is 1.01. The van der Waals surface area contributed by atoms with Crippen LogP contribution in [0.1, 0.15) is 26.3 Å². The van der Waals surface area contributed by atoms with E-state index in [1.54, 1.807) is 0 Å². The number of benzene rings is 1. The van der Waals surface area contributed by atoms with Crippen LogP contribution in [-0.2, 0) is 24.3 Å². The Kier molecular flexibility index (Phi) is 6.86. The number of rotatable bonds is 9. The second-order valence-corrected chi connectivity index (χ2v) is 8.10. The van der Waals surface area contributed by atoms with E-state index < -0.39 is 18.8 Å².